The zero-order valence-electron chi connectivity index (χ0n) is 11.6. The largest absolute Gasteiger partial charge is 0.323 e. The molecular weight excluding hydrogens is 276 g/mol. The molecule has 1 amide bonds. The van der Waals surface area contributed by atoms with Crippen molar-refractivity contribution < 1.29 is 13.6 Å². The maximum Gasteiger partial charge on any atom is 0.228 e. The molecule has 1 atom stereocenters. The van der Waals surface area contributed by atoms with Gasteiger partial charge in [0.25, 0.3) is 0 Å². The van der Waals surface area contributed by atoms with E-state index in [2.05, 4.69) is 16.3 Å². The number of nitriles is 1. The third kappa shape index (κ3) is 4.23. The Kier molecular flexibility index (Phi) is 5.23. The molecule has 0 aromatic heterocycles. The second-order valence-corrected chi connectivity index (χ2v) is 5.16. The molecule has 0 aliphatic carbocycles. The molecule has 1 N–H and O–H groups in total. The summed E-state index contributed by atoms with van der Waals surface area (Å²) in [6, 6.07) is 5.16. The Morgan fingerprint density at radius 3 is 3.00 bits per heavy atom. The zero-order chi connectivity index (χ0) is 15.2. The molecule has 0 bridgehead atoms. The number of nitrogens with one attached hydrogen (secondary N) is 1. The van der Waals surface area contributed by atoms with Gasteiger partial charge in [-0.05, 0) is 31.5 Å². The molecule has 0 spiro atoms. The van der Waals surface area contributed by atoms with Gasteiger partial charge < -0.3 is 10.2 Å². The molecular formula is C15H17F2N3O. The van der Waals surface area contributed by atoms with Crippen LogP contribution in [0.25, 0.3) is 0 Å². The summed E-state index contributed by atoms with van der Waals surface area (Å²) in [4.78, 5) is 14.2. The predicted molar refractivity (Wildman–Crippen MR) is 74.4 cm³/mol. The first kappa shape index (κ1) is 15.4. The van der Waals surface area contributed by atoms with Gasteiger partial charge in [-0.2, -0.15) is 5.26 Å². The van der Waals surface area contributed by atoms with E-state index in [9.17, 15) is 13.6 Å². The number of rotatable bonds is 4. The number of benzene rings is 1. The van der Waals surface area contributed by atoms with Gasteiger partial charge in [0.1, 0.15) is 11.6 Å². The number of likely N-dealkylation sites (tertiary alicyclic amines) is 1. The molecule has 21 heavy (non-hydrogen) atoms. The van der Waals surface area contributed by atoms with Crippen LogP contribution < -0.4 is 5.32 Å². The summed E-state index contributed by atoms with van der Waals surface area (Å²) < 4.78 is 26.3. The summed E-state index contributed by atoms with van der Waals surface area (Å²) in [6.45, 7) is 2.08. The van der Waals surface area contributed by atoms with Crippen LogP contribution in [0.3, 0.4) is 0 Å². The van der Waals surface area contributed by atoms with Crippen molar-refractivity contribution in [3.05, 3.63) is 29.8 Å². The van der Waals surface area contributed by atoms with Crippen molar-refractivity contribution in [1.29, 1.82) is 5.26 Å². The Bertz CT molecular complexity index is 556. The number of nitrogens with zero attached hydrogens (tertiary/aromatic N) is 2. The van der Waals surface area contributed by atoms with E-state index in [0.29, 0.717) is 19.5 Å². The second-order valence-electron chi connectivity index (χ2n) is 5.16. The standard InChI is InChI=1S/C15H17F2N3O/c16-12-4-5-14(13(17)9-12)19-15(21)11-3-1-7-20(10-11)8-2-6-18/h4-5,9,11H,1-3,7-8,10H2,(H,19,21). The molecule has 1 aromatic carbocycles. The first-order valence-corrected chi connectivity index (χ1v) is 6.95. The van der Waals surface area contributed by atoms with Gasteiger partial charge in [-0.3, -0.25) is 4.79 Å². The number of hydrogen-bond donors (Lipinski definition) is 1. The molecule has 1 unspecified atom stereocenters. The van der Waals surface area contributed by atoms with E-state index in [-0.39, 0.29) is 17.5 Å². The Morgan fingerprint density at radius 2 is 2.29 bits per heavy atom. The fraction of sp³-hybridized carbons (Fsp3) is 0.467. The van der Waals surface area contributed by atoms with Gasteiger partial charge in [-0.25, -0.2) is 8.78 Å². The van der Waals surface area contributed by atoms with Gasteiger partial charge in [0.05, 0.1) is 17.7 Å². The molecule has 1 fully saturated rings. The lowest BCUT2D eigenvalue weighted by molar-refractivity contribution is -0.121. The number of hydrogen-bond acceptors (Lipinski definition) is 3. The van der Waals surface area contributed by atoms with Crippen LogP contribution >= 0.6 is 0 Å². The van der Waals surface area contributed by atoms with Crippen LogP contribution in [0.15, 0.2) is 18.2 Å². The van der Waals surface area contributed by atoms with Crippen LogP contribution in [-0.4, -0.2) is 30.4 Å². The number of piperidine rings is 1. The summed E-state index contributed by atoms with van der Waals surface area (Å²) >= 11 is 0. The summed E-state index contributed by atoms with van der Waals surface area (Å²) in [5, 5.41) is 11.1. The van der Waals surface area contributed by atoms with E-state index in [1.165, 1.54) is 6.07 Å². The van der Waals surface area contributed by atoms with Crippen LogP contribution in [0, 0.1) is 28.9 Å². The SMILES string of the molecule is N#CCCN1CCCC(C(=O)Nc2ccc(F)cc2F)C1. The first-order valence-electron chi connectivity index (χ1n) is 6.95. The number of anilines is 1. The van der Waals surface area contributed by atoms with Crippen molar-refractivity contribution >= 4 is 11.6 Å². The summed E-state index contributed by atoms with van der Waals surface area (Å²) in [6.07, 6.45) is 2.04. The van der Waals surface area contributed by atoms with Crippen molar-refractivity contribution in [2.75, 3.05) is 25.0 Å². The topological polar surface area (TPSA) is 56.1 Å². The summed E-state index contributed by atoms with van der Waals surface area (Å²) in [5.74, 6) is -1.95. The zero-order valence-corrected chi connectivity index (χ0v) is 11.6. The van der Waals surface area contributed by atoms with Crippen LogP contribution in [-0.2, 0) is 4.79 Å². The van der Waals surface area contributed by atoms with E-state index in [1.807, 2.05) is 0 Å². The third-order valence-electron chi connectivity index (χ3n) is 3.61. The maximum atomic E-state index is 13.5. The lowest BCUT2D eigenvalue weighted by Gasteiger charge is -2.31. The highest BCUT2D eigenvalue weighted by atomic mass is 19.1. The third-order valence-corrected chi connectivity index (χ3v) is 3.61. The smallest absolute Gasteiger partial charge is 0.228 e. The van der Waals surface area contributed by atoms with Crippen molar-refractivity contribution in [3.63, 3.8) is 0 Å². The number of carbonyl (C=O) groups excluding carboxylic acids is 1. The number of carbonyl (C=O) groups is 1. The minimum atomic E-state index is -0.777. The highest BCUT2D eigenvalue weighted by molar-refractivity contribution is 5.92. The minimum absolute atomic E-state index is 0.00412. The number of amides is 1. The predicted octanol–water partition coefficient (Wildman–Crippen LogP) is 2.53. The molecule has 2 rings (SSSR count). The molecule has 0 saturated carbocycles. The Balaban J connectivity index is 1.95. The first-order chi connectivity index (χ1) is 10.1. The maximum absolute atomic E-state index is 13.5. The van der Waals surface area contributed by atoms with Crippen molar-refractivity contribution in [2.24, 2.45) is 5.92 Å². The van der Waals surface area contributed by atoms with Gasteiger partial charge in [0, 0.05) is 25.6 Å². The van der Waals surface area contributed by atoms with Gasteiger partial charge in [0.2, 0.25) is 5.91 Å². The minimum Gasteiger partial charge on any atom is -0.323 e. The molecule has 6 heteroatoms. The Morgan fingerprint density at radius 1 is 1.48 bits per heavy atom. The molecule has 1 aliphatic heterocycles. The monoisotopic (exact) mass is 293 g/mol. The molecule has 1 saturated heterocycles. The van der Waals surface area contributed by atoms with Crippen molar-refractivity contribution in [2.45, 2.75) is 19.3 Å². The lowest BCUT2D eigenvalue weighted by Crippen LogP contribution is -2.41. The normalized spacial score (nSPS) is 19.0. The lowest BCUT2D eigenvalue weighted by atomic mass is 9.97. The van der Waals surface area contributed by atoms with E-state index in [0.717, 1.165) is 31.5 Å². The Hall–Kier alpha value is -2.00. The molecule has 1 aliphatic rings. The highest BCUT2D eigenvalue weighted by Gasteiger charge is 2.26. The summed E-state index contributed by atoms with van der Waals surface area (Å²) in [5.41, 5.74) is -0.00412. The van der Waals surface area contributed by atoms with Gasteiger partial charge in [-0.1, -0.05) is 0 Å². The van der Waals surface area contributed by atoms with Crippen molar-refractivity contribution in [1.82, 2.24) is 4.90 Å². The molecule has 1 heterocycles. The fourth-order valence-corrected chi connectivity index (χ4v) is 2.51. The van der Waals surface area contributed by atoms with Crippen LogP contribution in [0.2, 0.25) is 0 Å². The highest BCUT2D eigenvalue weighted by Crippen LogP contribution is 2.20. The second kappa shape index (κ2) is 7.14. The molecule has 112 valence electrons. The van der Waals surface area contributed by atoms with Gasteiger partial charge >= 0.3 is 0 Å². The van der Waals surface area contributed by atoms with E-state index < -0.39 is 11.6 Å². The van der Waals surface area contributed by atoms with Crippen LogP contribution in [0.5, 0.6) is 0 Å². The molecule has 4 nitrogen and oxygen atoms in total. The van der Waals surface area contributed by atoms with E-state index in [4.69, 9.17) is 5.26 Å². The fourth-order valence-electron chi connectivity index (χ4n) is 2.51. The van der Waals surface area contributed by atoms with Crippen molar-refractivity contribution in [3.8, 4) is 6.07 Å². The van der Waals surface area contributed by atoms with Gasteiger partial charge in [0.15, 0.2) is 0 Å². The average molecular weight is 293 g/mol. The Labute approximate surface area is 122 Å². The average Bonchev–Trinajstić information content (AvgIpc) is 2.48. The van der Waals surface area contributed by atoms with E-state index in [1.54, 1.807) is 0 Å². The van der Waals surface area contributed by atoms with Crippen LogP contribution in [0.1, 0.15) is 19.3 Å². The quantitative estimate of drug-likeness (QED) is 0.928. The number of halogens is 2. The van der Waals surface area contributed by atoms with Crippen LogP contribution in [0.4, 0.5) is 14.5 Å². The van der Waals surface area contributed by atoms with Gasteiger partial charge in [-0.15, -0.1) is 0 Å². The summed E-state index contributed by atoms with van der Waals surface area (Å²) in [7, 11) is 0. The molecule has 0 radical (unpaired) electrons. The molecule has 1 aromatic rings. The van der Waals surface area contributed by atoms with E-state index >= 15 is 0 Å².